The third-order valence-corrected chi connectivity index (χ3v) is 4.27. The van der Waals surface area contributed by atoms with E-state index in [4.69, 9.17) is 9.72 Å². The lowest BCUT2D eigenvalue weighted by Gasteiger charge is -2.37. The Morgan fingerprint density at radius 1 is 1.35 bits per heavy atom. The molecule has 1 aliphatic heterocycles. The molecule has 0 aromatic carbocycles. The third-order valence-electron chi connectivity index (χ3n) is 4.27. The summed E-state index contributed by atoms with van der Waals surface area (Å²) in [7, 11) is 1.70. The van der Waals surface area contributed by atoms with Crippen molar-refractivity contribution in [3.05, 3.63) is 30.4 Å². The molecule has 2 aromatic heterocycles. The molecule has 1 saturated heterocycles. The molecule has 1 atom stereocenters. The summed E-state index contributed by atoms with van der Waals surface area (Å²) in [5, 5.41) is 0. The van der Waals surface area contributed by atoms with Crippen LogP contribution in [0, 0.1) is 0 Å². The van der Waals surface area contributed by atoms with Crippen LogP contribution in [0.5, 0.6) is 5.75 Å². The van der Waals surface area contributed by atoms with Crippen molar-refractivity contribution in [3.63, 3.8) is 0 Å². The molecule has 108 valence electrons. The van der Waals surface area contributed by atoms with E-state index in [0.29, 0.717) is 12.1 Å². The Balaban J connectivity index is 2.00. The average Bonchev–Trinajstić information content (AvgIpc) is 2.89. The molecule has 3 rings (SSSR count). The minimum absolute atomic E-state index is 0.430. The van der Waals surface area contributed by atoms with Crippen LogP contribution >= 0.6 is 0 Å². The number of hydrogen-bond acceptors (Lipinski definition) is 3. The molecule has 1 fully saturated rings. The zero-order valence-electron chi connectivity index (χ0n) is 12.5. The molecule has 2 aromatic rings. The molecule has 0 N–H and O–H groups in total. The Morgan fingerprint density at radius 2 is 2.20 bits per heavy atom. The highest BCUT2D eigenvalue weighted by molar-refractivity contribution is 5.50. The lowest BCUT2D eigenvalue weighted by molar-refractivity contribution is 0.106. The molecule has 0 spiro atoms. The Labute approximate surface area is 120 Å². The van der Waals surface area contributed by atoms with Gasteiger partial charge in [0.05, 0.1) is 24.9 Å². The first kappa shape index (κ1) is 13.4. The lowest BCUT2D eigenvalue weighted by Crippen LogP contribution is -2.39. The Kier molecular flexibility index (Phi) is 3.66. The monoisotopic (exact) mass is 273 g/mol. The number of piperidine rings is 1. The molecular formula is C16H23N3O. The Bertz CT molecular complexity index is 590. The minimum Gasteiger partial charge on any atom is -0.497 e. The minimum atomic E-state index is 0.430. The van der Waals surface area contributed by atoms with E-state index in [1.165, 1.54) is 25.8 Å². The van der Waals surface area contributed by atoms with Crippen LogP contribution in [0.2, 0.25) is 0 Å². The van der Waals surface area contributed by atoms with Gasteiger partial charge in [-0.1, -0.05) is 6.42 Å². The Morgan fingerprint density at radius 3 is 2.95 bits per heavy atom. The Hall–Kier alpha value is -1.55. The highest BCUT2D eigenvalue weighted by Gasteiger charge is 2.28. The van der Waals surface area contributed by atoms with Crippen molar-refractivity contribution >= 4 is 5.52 Å². The summed E-state index contributed by atoms with van der Waals surface area (Å²) in [6.07, 6.45) is 7.81. The van der Waals surface area contributed by atoms with Gasteiger partial charge in [0.15, 0.2) is 0 Å². The van der Waals surface area contributed by atoms with Crippen LogP contribution < -0.4 is 4.74 Å². The number of aromatic nitrogens is 2. The first-order valence-corrected chi connectivity index (χ1v) is 7.47. The third kappa shape index (κ3) is 2.29. The van der Waals surface area contributed by atoms with E-state index in [-0.39, 0.29) is 0 Å². The summed E-state index contributed by atoms with van der Waals surface area (Å²) >= 11 is 0. The smallest absolute Gasteiger partial charge is 0.130 e. The number of likely N-dealkylation sites (tertiary alicyclic amines) is 1. The zero-order valence-corrected chi connectivity index (χ0v) is 12.5. The van der Waals surface area contributed by atoms with E-state index in [1.54, 1.807) is 7.11 Å². The standard InChI is InChI=1S/C16H23N3O/c1-12(2)18-8-5-4-6-15(18)16-17-11-13-10-14(20-3)7-9-19(13)16/h7,9-12,15H,4-6,8H2,1-3H3. The van der Waals surface area contributed by atoms with Gasteiger partial charge in [0, 0.05) is 18.3 Å². The van der Waals surface area contributed by atoms with Gasteiger partial charge >= 0.3 is 0 Å². The highest BCUT2D eigenvalue weighted by Crippen LogP contribution is 2.32. The van der Waals surface area contributed by atoms with Crippen molar-refractivity contribution in [1.29, 1.82) is 0 Å². The van der Waals surface area contributed by atoms with Crippen LogP contribution in [-0.2, 0) is 0 Å². The van der Waals surface area contributed by atoms with Gasteiger partial charge in [0.1, 0.15) is 11.6 Å². The van der Waals surface area contributed by atoms with Crippen LogP contribution in [0.25, 0.3) is 5.52 Å². The summed E-state index contributed by atoms with van der Waals surface area (Å²) in [6, 6.07) is 5.03. The van der Waals surface area contributed by atoms with Crippen LogP contribution in [0.15, 0.2) is 24.5 Å². The number of pyridine rings is 1. The molecule has 0 amide bonds. The van der Waals surface area contributed by atoms with Gasteiger partial charge in [-0.25, -0.2) is 4.98 Å². The van der Waals surface area contributed by atoms with Crippen LogP contribution in [0.4, 0.5) is 0 Å². The van der Waals surface area contributed by atoms with Gasteiger partial charge in [0.25, 0.3) is 0 Å². The number of imidazole rings is 1. The fraction of sp³-hybridized carbons (Fsp3) is 0.562. The van der Waals surface area contributed by atoms with Crippen LogP contribution in [0.1, 0.15) is 45.0 Å². The van der Waals surface area contributed by atoms with Crippen molar-refractivity contribution < 1.29 is 4.74 Å². The maximum absolute atomic E-state index is 5.28. The largest absolute Gasteiger partial charge is 0.497 e. The van der Waals surface area contributed by atoms with Crippen molar-refractivity contribution in [3.8, 4) is 5.75 Å². The SMILES string of the molecule is COc1ccn2c(C3CCCCN3C(C)C)ncc2c1. The van der Waals surface area contributed by atoms with Crippen LogP contribution in [-0.4, -0.2) is 34.0 Å². The van der Waals surface area contributed by atoms with E-state index in [0.717, 1.165) is 17.1 Å². The summed E-state index contributed by atoms with van der Waals surface area (Å²) in [5.74, 6) is 2.05. The van der Waals surface area contributed by atoms with E-state index in [9.17, 15) is 0 Å². The van der Waals surface area contributed by atoms with Gasteiger partial charge in [0.2, 0.25) is 0 Å². The number of nitrogens with zero attached hydrogens (tertiary/aromatic N) is 3. The normalized spacial score (nSPS) is 20.7. The van der Waals surface area contributed by atoms with Gasteiger partial charge in [-0.2, -0.15) is 0 Å². The summed E-state index contributed by atoms with van der Waals surface area (Å²) < 4.78 is 7.49. The molecule has 1 unspecified atom stereocenters. The molecular weight excluding hydrogens is 250 g/mol. The van der Waals surface area contributed by atoms with E-state index in [2.05, 4.69) is 29.3 Å². The second kappa shape index (κ2) is 5.44. The molecule has 20 heavy (non-hydrogen) atoms. The molecule has 0 aliphatic carbocycles. The van der Waals surface area contributed by atoms with E-state index in [1.807, 2.05) is 18.3 Å². The topological polar surface area (TPSA) is 29.8 Å². The first-order valence-electron chi connectivity index (χ1n) is 7.47. The van der Waals surface area contributed by atoms with Crippen molar-refractivity contribution in [2.24, 2.45) is 0 Å². The lowest BCUT2D eigenvalue weighted by atomic mass is 10.00. The van der Waals surface area contributed by atoms with E-state index >= 15 is 0 Å². The number of methoxy groups -OCH3 is 1. The van der Waals surface area contributed by atoms with E-state index < -0.39 is 0 Å². The molecule has 0 bridgehead atoms. The quantitative estimate of drug-likeness (QED) is 0.859. The fourth-order valence-corrected chi connectivity index (χ4v) is 3.22. The van der Waals surface area contributed by atoms with Gasteiger partial charge < -0.3 is 9.14 Å². The number of hydrogen-bond donors (Lipinski definition) is 0. The average molecular weight is 273 g/mol. The highest BCUT2D eigenvalue weighted by atomic mass is 16.5. The maximum Gasteiger partial charge on any atom is 0.130 e. The molecule has 0 saturated carbocycles. The predicted molar refractivity (Wildman–Crippen MR) is 80.2 cm³/mol. The molecule has 1 aliphatic rings. The summed E-state index contributed by atoms with van der Waals surface area (Å²) in [5.41, 5.74) is 1.11. The number of ether oxygens (including phenoxy) is 1. The predicted octanol–water partition coefficient (Wildman–Crippen LogP) is 3.28. The molecule has 3 heterocycles. The second-order valence-corrected chi connectivity index (χ2v) is 5.82. The molecule has 4 heteroatoms. The van der Waals surface area contributed by atoms with Gasteiger partial charge in [-0.05, 0) is 39.3 Å². The number of rotatable bonds is 3. The van der Waals surface area contributed by atoms with Crippen molar-refractivity contribution in [2.75, 3.05) is 13.7 Å². The zero-order chi connectivity index (χ0) is 14.1. The van der Waals surface area contributed by atoms with Gasteiger partial charge in [-0.15, -0.1) is 0 Å². The van der Waals surface area contributed by atoms with Crippen LogP contribution in [0.3, 0.4) is 0 Å². The fourth-order valence-electron chi connectivity index (χ4n) is 3.22. The molecule has 0 radical (unpaired) electrons. The maximum atomic E-state index is 5.28. The summed E-state index contributed by atoms with van der Waals surface area (Å²) in [6.45, 7) is 5.72. The second-order valence-electron chi connectivity index (χ2n) is 5.82. The van der Waals surface area contributed by atoms with Crippen molar-refractivity contribution in [1.82, 2.24) is 14.3 Å². The summed E-state index contributed by atoms with van der Waals surface area (Å²) in [4.78, 5) is 7.26. The first-order chi connectivity index (χ1) is 9.70. The van der Waals surface area contributed by atoms with Gasteiger partial charge in [-0.3, -0.25) is 4.90 Å². The number of fused-ring (bicyclic) bond motifs is 1. The molecule has 4 nitrogen and oxygen atoms in total. The van der Waals surface area contributed by atoms with Crippen molar-refractivity contribution in [2.45, 2.75) is 45.2 Å².